The summed E-state index contributed by atoms with van der Waals surface area (Å²) in [5.41, 5.74) is 1.95. The van der Waals surface area contributed by atoms with E-state index in [1.807, 2.05) is 36.4 Å². The van der Waals surface area contributed by atoms with Crippen LogP contribution in [0.3, 0.4) is 0 Å². The Morgan fingerprint density at radius 3 is 2.81 bits per heavy atom. The molecule has 0 saturated carbocycles. The van der Waals surface area contributed by atoms with Crippen molar-refractivity contribution in [2.75, 3.05) is 39.1 Å². The molecular weight excluding hydrogens is 471 g/mol. The van der Waals surface area contributed by atoms with Crippen molar-refractivity contribution < 1.29 is 19.1 Å². The van der Waals surface area contributed by atoms with Crippen LogP contribution in [-0.2, 0) is 32.0 Å². The minimum Gasteiger partial charge on any atom is -0.469 e. The fraction of sp³-hybridized carbons (Fsp3) is 0.391. The van der Waals surface area contributed by atoms with Crippen molar-refractivity contribution in [2.45, 2.75) is 24.0 Å². The molecular formula is C23H26Cl2N2O4S. The van der Waals surface area contributed by atoms with Gasteiger partial charge in [0, 0.05) is 31.1 Å². The molecule has 0 spiro atoms. The molecule has 32 heavy (non-hydrogen) atoms. The third-order valence-corrected chi connectivity index (χ3v) is 6.72. The first-order chi connectivity index (χ1) is 15.4. The molecule has 1 saturated heterocycles. The Balaban J connectivity index is 1.41. The largest absolute Gasteiger partial charge is 0.469 e. The summed E-state index contributed by atoms with van der Waals surface area (Å²) in [5, 5.41) is 4.05. The summed E-state index contributed by atoms with van der Waals surface area (Å²) in [6, 6.07) is 13.2. The van der Waals surface area contributed by atoms with Crippen LogP contribution in [0.2, 0.25) is 10.0 Å². The van der Waals surface area contributed by atoms with Gasteiger partial charge in [0.2, 0.25) is 5.91 Å². The SMILES string of the molecule is COC(=O)Cc1cccc(SCC(=O)NCC2CN(Cc3ccc(Cl)c(Cl)c3)CCO2)c1. The average Bonchev–Trinajstić information content (AvgIpc) is 2.79. The second-order valence-electron chi connectivity index (χ2n) is 7.47. The Morgan fingerprint density at radius 1 is 1.19 bits per heavy atom. The van der Waals surface area contributed by atoms with Crippen molar-refractivity contribution in [1.29, 1.82) is 0 Å². The molecule has 9 heteroatoms. The first-order valence-corrected chi connectivity index (χ1v) is 12.0. The van der Waals surface area contributed by atoms with Gasteiger partial charge in [0.25, 0.3) is 0 Å². The number of carbonyl (C=O) groups is 2. The molecule has 0 bridgehead atoms. The second kappa shape index (κ2) is 12.5. The molecule has 1 heterocycles. The Morgan fingerprint density at radius 2 is 2.03 bits per heavy atom. The van der Waals surface area contributed by atoms with E-state index in [1.54, 1.807) is 6.07 Å². The molecule has 1 aliphatic rings. The lowest BCUT2D eigenvalue weighted by Crippen LogP contribution is -2.47. The van der Waals surface area contributed by atoms with Gasteiger partial charge in [-0.15, -0.1) is 11.8 Å². The molecule has 172 valence electrons. The Hall–Kier alpha value is -1.77. The van der Waals surface area contributed by atoms with Gasteiger partial charge in [0.1, 0.15) is 0 Å². The van der Waals surface area contributed by atoms with E-state index in [9.17, 15) is 9.59 Å². The standard InChI is InChI=1S/C23H26Cl2N2O4S/c1-30-23(29)11-16-3-2-4-19(9-16)32-15-22(28)26-12-18-14-27(7-8-31-18)13-17-5-6-20(24)21(25)10-17/h2-6,9-10,18H,7-8,11-15H2,1H3,(H,26,28). The number of thioether (sulfide) groups is 1. The van der Waals surface area contributed by atoms with Crippen molar-refractivity contribution in [3.05, 3.63) is 63.6 Å². The maximum absolute atomic E-state index is 12.3. The van der Waals surface area contributed by atoms with Crippen molar-refractivity contribution >= 4 is 46.8 Å². The van der Waals surface area contributed by atoms with Crippen molar-refractivity contribution in [3.8, 4) is 0 Å². The van der Waals surface area contributed by atoms with E-state index in [1.165, 1.54) is 18.9 Å². The minimum absolute atomic E-state index is 0.0569. The summed E-state index contributed by atoms with van der Waals surface area (Å²) in [6.07, 6.45) is 0.151. The van der Waals surface area contributed by atoms with E-state index >= 15 is 0 Å². The van der Waals surface area contributed by atoms with Gasteiger partial charge in [-0.1, -0.05) is 41.4 Å². The van der Waals surface area contributed by atoms with Crippen LogP contribution in [0, 0.1) is 0 Å². The number of carbonyl (C=O) groups excluding carboxylic acids is 2. The van der Waals surface area contributed by atoms with Crippen LogP contribution >= 0.6 is 35.0 Å². The Bertz CT molecular complexity index is 944. The average molecular weight is 497 g/mol. The van der Waals surface area contributed by atoms with Crippen molar-refractivity contribution in [1.82, 2.24) is 10.2 Å². The maximum Gasteiger partial charge on any atom is 0.309 e. The Labute approximate surface area is 202 Å². The van der Waals surface area contributed by atoms with Gasteiger partial charge in [-0.2, -0.15) is 0 Å². The molecule has 3 rings (SSSR count). The number of morpholine rings is 1. The summed E-state index contributed by atoms with van der Waals surface area (Å²) >= 11 is 13.5. The molecule has 0 radical (unpaired) electrons. The van der Waals surface area contributed by atoms with Crippen LogP contribution in [-0.4, -0.2) is 62.0 Å². The number of esters is 1. The molecule has 1 unspecified atom stereocenters. The fourth-order valence-corrected chi connectivity index (χ4v) is 4.49. The number of nitrogens with one attached hydrogen (secondary N) is 1. The molecule has 2 aromatic carbocycles. The lowest BCUT2D eigenvalue weighted by molar-refractivity contribution is -0.139. The van der Waals surface area contributed by atoms with Crippen LogP contribution in [0.25, 0.3) is 0 Å². The van der Waals surface area contributed by atoms with Gasteiger partial charge in [-0.25, -0.2) is 0 Å². The van der Waals surface area contributed by atoms with E-state index in [4.69, 9.17) is 32.7 Å². The van der Waals surface area contributed by atoms with Gasteiger partial charge < -0.3 is 14.8 Å². The zero-order valence-corrected chi connectivity index (χ0v) is 20.1. The normalized spacial score (nSPS) is 16.5. The number of methoxy groups -OCH3 is 1. The first-order valence-electron chi connectivity index (χ1n) is 10.3. The van der Waals surface area contributed by atoms with E-state index < -0.39 is 0 Å². The minimum atomic E-state index is -0.287. The number of benzene rings is 2. The molecule has 1 amide bonds. The number of hydrogen-bond donors (Lipinski definition) is 1. The van der Waals surface area contributed by atoms with E-state index in [0.29, 0.717) is 28.9 Å². The second-order valence-corrected chi connectivity index (χ2v) is 9.33. The first kappa shape index (κ1) is 24.9. The summed E-state index contributed by atoms with van der Waals surface area (Å²) in [4.78, 5) is 26.9. The maximum atomic E-state index is 12.3. The van der Waals surface area contributed by atoms with Crippen molar-refractivity contribution in [2.24, 2.45) is 0 Å². The van der Waals surface area contributed by atoms with Gasteiger partial charge in [0.05, 0.1) is 42.0 Å². The van der Waals surface area contributed by atoms with Crippen LogP contribution in [0.4, 0.5) is 0 Å². The van der Waals surface area contributed by atoms with Crippen LogP contribution in [0.1, 0.15) is 11.1 Å². The van der Waals surface area contributed by atoms with Gasteiger partial charge >= 0.3 is 5.97 Å². The molecule has 1 fully saturated rings. The van der Waals surface area contributed by atoms with Gasteiger partial charge in [-0.3, -0.25) is 14.5 Å². The summed E-state index contributed by atoms with van der Waals surface area (Å²) in [7, 11) is 1.37. The highest BCUT2D eigenvalue weighted by Gasteiger charge is 2.21. The van der Waals surface area contributed by atoms with Crippen molar-refractivity contribution in [3.63, 3.8) is 0 Å². The predicted molar refractivity (Wildman–Crippen MR) is 127 cm³/mol. The van der Waals surface area contributed by atoms with E-state index in [2.05, 4.69) is 10.2 Å². The predicted octanol–water partition coefficient (Wildman–Crippen LogP) is 3.82. The third-order valence-electron chi connectivity index (χ3n) is 4.98. The zero-order chi connectivity index (χ0) is 22.9. The number of halogens is 2. The molecule has 2 aromatic rings. The number of ether oxygens (including phenoxy) is 2. The molecule has 1 atom stereocenters. The highest BCUT2D eigenvalue weighted by atomic mass is 35.5. The van der Waals surface area contributed by atoms with E-state index in [-0.39, 0.29) is 24.4 Å². The van der Waals surface area contributed by atoms with Gasteiger partial charge in [0.15, 0.2) is 0 Å². The quantitative estimate of drug-likeness (QED) is 0.420. The lowest BCUT2D eigenvalue weighted by atomic mass is 10.1. The summed E-state index contributed by atoms with van der Waals surface area (Å²) < 4.78 is 10.5. The molecule has 6 nitrogen and oxygen atoms in total. The summed E-state index contributed by atoms with van der Waals surface area (Å²) in [5.74, 6) is -0.0503. The number of amides is 1. The molecule has 1 N–H and O–H groups in total. The van der Waals surface area contributed by atoms with E-state index in [0.717, 1.165) is 35.7 Å². The lowest BCUT2D eigenvalue weighted by Gasteiger charge is -2.33. The zero-order valence-electron chi connectivity index (χ0n) is 17.8. The summed E-state index contributed by atoms with van der Waals surface area (Å²) in [6.45, 7) is 3.37. The number of nitrogens with zero attached hydrogens (tertiary/aromatic N) is 1. The highest BCUT2D eigenvalue weighted by Crippen LogP contribution is 2.24. The Kier molecular flexibility index (Phi) is 9.69. The van der Waals surface area contributed by atoms with Crippen LogP contribution in [0.5, 0.6) is 0 Å². The number of rotatable bonds is 9. The van der Waals surface area contributed by atoms with Crippen LogP contribution < -0.4 is 5.32 Å². The highest BCUT2D eigenvalue weighted by molar-refractivity contribution is 8.00. The number of hydrogen-bond acceptors (Lipinski definition) is 6. The smallest absolute Gasteiger partial charge is 0.309 e. The molecule has 0 aromatic heterocycles. The third kappa shape index (κ3) is 7.98. The van der Waals surface area contributed by atoms with Gasteiger partial charge in [-0.05, 0) is 35.4 Å². The fourth-order valence-electron chi connectivity index (χ4n) is 3.36. The molecule has 1 aliphatic heterocycles. The molecule has 0 aliphatic carbocycles. The monoisotopic (exact) mass is 496 g/mol. The van der Waals surface area contributed by atoms with Crippen LogP contribution in [0.15, 0.2) is 47.4 Å². The topological polar surface area (TPSA) is 67.9 Å².